The summed E-state index contributed by atoms with van der Waals surface area (Å²) in [6, 6.07) is 5.10. The van der Waals surface area contributed by atoms with Crippen LogP contribution >= 0.6 is 0 Å². The Bertz CT molecular complexity index is 586. The second-order valence-corrected chi connectivity index (χ2v) is 5.48. The number of carbonyl (C=O) groups is 2. The van der Waals surface area contributed by atoms with E-state index < -0.39 is 11.7 Å². The fraction of sp³-hybridized carbons (Fsp3) is 0.467. The van der Waals surface area contributed by atoms with Crippen molar-refractivity contribution < 1.29 is 22.8 Å². The van der Waals surface area contributed by atoms with Crippen LogP contribution in [-0.4, -0.2) is 36.3 Å². The third kappa shape index (κ3) is 3.78. The van der Waals surface area contributed by atoms with Gasteiger partial charge < -0.3 is 10.2 Å². The molecule has 4 nitrogen and oxygen atoms in total. The number of benzene rings is 1. The van der Waals surface area contributed by atoms with Crippen molar-refractivity contribution in [3.8, 4) is 0 Å². The lowest BCUT2D eigenvalue weighted by atomic mass is 10.0. The van der Waals surface area contributed by atoms with E-state index in [9.17, 15) is 22.8 Å². The van der Waals surface area contributed by atoms with Gasteiger partial charge in [0.1, 0.15) is 0 Å². The van der Waals surface area contributed by atoms with Gasteiger partial charge in [-0.15, -0.1) is 0 Å². The molecule has 7 heteroatoms. The van der Waals surface area contributed by atoms with Crippen molar-refractivity contribution in [3.63, 3.8) is 0 Å². The SMILES string of the molecule is CC(=O)N(C)CC(=O)N[C@@H]1C[C@@H]1c1ccccc1C(F)(F)F. The van der Waals surface area contributed by atoms with Crippen molar-refractivity contribution >= 4 is 11.8 Å². The molecule has 1 N–H and O–H groups in total. The molecule has 1 aliphatic rings. The van der Waals surface area contributed by atoms with Crippen LogP contribution in [0.3, 0.4) is 0 Å². The van der Waals surface area contributed by atoms with Crippen LogP contribution in [0.2, 0.25) is 0 Å². The summed E-state index contributed by atoms with van der Waals surface area (Å²) >= 11 is 0. The van der Waals surface area contributed by atoms with E-state index in [1.54, 1.807) is 6.07 Å². The Morgan fingerprint density at radius 3 is 2.55 bits per heavy atom. The molecular weight excluding hydrogens is 297 g/mol. The molecule has 0 unspecified atom stereocenters. The summed E-state index contributed by atoms with van der Waals surface area (Å²) < 4.78 is 38.9. The van der Waals surface area contributed by atoms with Gasteiger partial charge in [0, 0.05) is 25.9 Å². The predicted octanol–water partition coefficient (Wildman–Crippen LogP) is 2.16. The Balaban J connectivity index is 1.99. The summed E-state index contributed by atoms with van der Waals surface area (Å²) in [5.74, 6) is -0.941. The Labute approximate surface area is 126 Å². The van der Waals surface area contributed by atoms with Crippen molar-refractivity contribution in [2.45, 2.75) is 31.5 Å². The third-order valence-electron chi connectivity index (χ3n) is 3.72. The lowest BCUT2D eigenvalue weighted by Crippen LogP contribution is -2.38. The van der Waals surface area contributed by atoms with Crippen LogP contribution in [0, 0.1) is 0 Å². The van der Waals surface area contributed by atoms with E-state index in [0.717, 1.165) is 6.07 Å². The van der Waals surface area contributed by atoms with Gasteiger partial charge in [-0.2, -0.15) is 13.2 Å². The molecule has 0 aliphatic heterocycles. The monoisotopic (exact) mass is 314 g/mol. The average Bonchev–Trinajstić information content (AvgIpc) is 3.16. The van der Waals surface area contributed by atoms with Gasteiger partial charge in [0.15, 0.2) is 0 Å². The predicted molar refractivity (Wildman–Crippen MR) is 74.0 cm³/mol. The minimum absolute atomic E-state index is 0.0977. The summed E-state index contributed by atoms with van der Waals surface area (Å²) in [5.41, 5.74) is -0.446. The van der Waals surface area contributed by atoms with Gasteiger partial charge in [0.2, 0.25) is 11.8 Å². The number of rotatable bonds is 4. The van der Waals surface area contributed by atoms with Crippen LogP contribution in [0.5, 0.6) is 0 Å². The van der Waals surface area contributed by atoms with Gasteiger partial charge in [0.25, 0.3) is 0 Å². The van der Waals surface area contributed by atoms with Crippen LogP contribution in [0.15, 0.2) is 24.3 Å². The molecule has 2 atom stereocenters. The zero-order valence-electron chi connectivity index (χ0n) is 12.3. The number of carbonyl (C=O) groups excluding carboxylic acids is 2. The molecule has 1 aromatic carbocycles. The molecule has 1 aromatic rings. The molecule has 0 heterocycles. The zero-order valence-corrected chi connectivity index (χ0v) is 12.3. The fourth-order valence-corrected chi connectivity index (χ4v) is 2.36. The molecular formula is C15H17F3N2O2. The van der Waals surface area contributed by atoms with Gasteiger partial charge in [-0.1, -0.05) is 18.2 Å². The maximum atomic E-state index is 13.0. The number of amides is 2. The molecule has 0 bridgehead atoms. The smallest absolute Gasteiger partial charge is 0.351 e. The summed E-state index contributed by atoms with van der Waals surface area (Å²) in [6.45, 7) is 1.24. The van der Waals surface area contributed by atoms with Gasteiger partial charge in [0.05, 0.1) is 12.1 Å². The topological polar surface area (TPSA) is 49.4 Å². The second kappa shape index (κ2) is 5.98. The second-order valence-electron chi connectivity index (χ2n) is 5.48. The Morgan fingerprint density at radius 2 is 1.95 bits per heavy atom. The first-order valence-electron chi connectivity index (χ1n) is 6.87. The molecule has 0 radical (unpaired) electrons. The summed E-state index contributed by atoms with van der Waals surface area (Å²) in [6.07, 6.45) is -3.93. The maximum absolute atomic E-state index is 13.0. The van der Waals surface area contributed by atoms with Crippen LogP contribution in [-0.2, 0) is 15.8 Å². The van der Waals surface area contributed by atoms with Crippen molar-refractivity contribution in [2.24, 2.45) is 0 Å². The van der Waals surface area contributed by atoms with Crippen molar-refractivity contribution in [1.82, 2.24) is 10.2 Å². The fourth-order valence-electron chi connectivity index (χ4n) is 2.36. The van der Waals surface area contributed by atoms with E-state index in [4.69, 9.17) is 0 Å². The van der Waals surface area contributed by atoms with E-state index in [1.807, 2.05) is 0 Å². The van der Waals surface area contributed by atoms with Crippen LogP contribution in [0.1, 0.15) is 30.4 Å². The van der Waals surface area contributed by atoms with Crippen molar-refractivity contribution in [3.05, 3.63) is 35.4 Å². The summed E-state index contributed by atoms with van der Waals surface area (Å²) in [4.78, 5) is 24.0. The van der Waals surface area contributed by atoms with E-state index in [2.05, 4.69) is 5.32 Å². The third-order valence-corrected chi connectivity index (χ3v) is 3.72. The quantitative estimate of drug-likeness (QED) is 0.926. The first-order chi connectivity index (χ1) is 10.2. The van der Waals surface area contributed by atoms with Crippen LogP contribution in [0.4, 0.5) is 13.2 Å². The largest absolute Gasteiger partial charge is 0.416 e. The number of hydrogen-bond acceptors (Lipinski definition) is 2. The van der Waals surface area contributed by atoms with Crippen LogP contribution in [0.25, 0.3) is 0 Å². The average molecular weight is 314 g/mol. The maximum Gasteiger partial charge on any atom is 0.416 e. The van der Waals surface area contributed by atoms with Gasteiger partial charge >= 0.3 is 6.18 Å². The molecule has 22 heavy (non-hydrogen) atoms. The minimum atomic E-state index is -4.40. The molecule has 2 rings (SSSR count). The van der Waals surface area contributed by atoms with E-state index in [0.29, 0.717) is 6.42 Å². The highest BCUT2D eigenvalue weighted by Crippen LogP contribution is 2.46. The Kier molecular flexibility index (Phi) is 4.44. The first-order valence-corrected chi connectivity index (χ1v) is 6.87. The molecule has 1 saturated carbocycles. The Hall–Kier alpha value is -2.05. The van der Waals surface area contributed by atoms with E-state index in [1.165, 1.54) is 31.0 Å². The zero-order chi connectivity index (χ0) is 16.5. The number of halogens is 3. The molecule has 1 aliphatic carbocycles. The van der Waals surface area contributed by atoms with Gasteiger partial charge in [-0.05, 0) is 18.1 Å². The number of alkyl halides is 3. The van der Waals surface area contributed by atoms with Gasteiger partial charge in [-0.3, -0.25) is 9.59 Å². The molecule has 0 aromatic heterocycles. The molecule has 120 valence electrons. The molecule has 2 amide bonds. The number of hydrogen-bond donors (Lipinski definition) is 1. The molecule has 0 spiro atoms. The number of nitrogens with zero attached hydrogens (tertiary/aromatic N) is 1. The summed E-state index contributed by atoms with van der Waals surface area (Å²) in [7, 11) is 1.49. The lowest BCUT2D eigenvalue weighted by Gasteiger charge is -2.15. The van der Waals surface area contributed by atoms with Crippen molar-refractivity contribution in [2.75, 3.05) is 13.6 Å². The van der Waals surface area contributed by atoms with Gasteiger partial charge in [-0.25, -0.2) is 0 Å². The normalized spacial score (nSPS) is 20.4. The lowest BCUT2D eigenvalue weighted by molar-refractivity contribution is -0.138. The summed E-state index contributed by atoms with van der Waals surface area (Å²) in [5, 5.41) is 2.67. The highest BCUT2D eigenvalue weighted by atomic mass is 19.4. The number of nitrogens with one attached hydrogen (secondary N) is 1. The highest BCUT2D eigenvalue weighted by Gasteiger charge is 2.44. The Morgan fingerprint density at radius 1 is 1.32 bits per heavy atom. The first kappa shape index (κ1) is 16.3. The van der Waals surface area contributed by atoms with Crippen molar-refractivity contribution in [1.29, 1.82) is 0 Å². The number of likely N-dealkylation sites (N-methyl/N-ethyl adjacent to an activating group) is 1. The highest BCUT2D eigenvalue weighted by molar-refractivity contribution is 5.84. The molecule has 0 saturated heterocycles. The van der Waals surface area contributed by atoms with Crippen LogP contribution < -0.4 is 5.32 Å². The van der Waals surface area contributed by atoms with E-state index in [-0.39, 0.29) is 35.9 Å². The van der Waals surface area contributed by atoms with E-state index >= 15 is 0 Å². The standard InChI is InChI=1S/C15H17F3N2O2/c1-9(21)20(2)8-14(22)19-13-7-11(13)10-5-3-4-6-12(10)15(16,17)18/h3-6,11,13H,7-8H2,1-2H3,(H,19,22)/t11-,13-/m1/s1. The molecule has 1 fully saturated rings. The minimum Gasteiger partial charge on any atom is -0.351 e.